The van der Waals surface area contributed by atoms with Gasteiger partial charge in [-0.25, -0.2) is 13.1 Å². The lowest BCUT2D eigenvalue weighted by Gasteiger charge is -2.39. The first kappa shape index (κ1) is 16.4. The summed E-state index contributed by atoms with van der Waals surface area (Å²) in [6.45, 7) is 0.809. The van der Waals surface area contributed by atoms with Crippen molar-refractivity contribution in [2.75, 3.05) is 13.7 Å². The number of sulfonamides is 1. The quantitative estimate of drug-likeness (QED) is 0.804. The summed E-state index contributed by atoms with van der Waals surface area (Å²) >= 11 is 0. The Hall–Kier alpha value is -1.44. The zero-order valence-electron chi connectivity index (χ0n) is 13.1. The predicted molar refractivity (Wildman–Crippen MR) is 85.4 cm³/mol. The molecule has 1 aliphatic carbocycles. The molecule has 2 fully saturated rings. The molecule has 1 aromatic carbocycles. The Morgan fingerprint density at radius 3 is 2.70 bits per heavy atom. The van der Waals surface area contributed by atoms with Gasteiger partial charge < -0.3 is 10.1 Å². The van der Waals surface area contributed by atoms with Gasteiger partial charge in [0.05, 0.1) is 11.0 Å². The van der Waals surface area contributed by atoms with Gasteiger partial charge in [0.15, 0.2) is 0 Å². The van der Waals surface area contributed by atoms with Crippen molar-refractivity contribution < 1.29 is 17.9 Å². The lowest BCUT2D eigenvalue weighted by Crippen LogP contribution is -2.53. The third-order valence-corrected chi connectivity index (χ3v) is 6.18. The van der Waals surface area contributed by atoms with Gasteiger partial charge in [-0.15, -0.1) is 0 Å². The number of nitrogens with one attached hydrogen (secondary N) is 2. The summed E-state index contributed by atoms with van der Waals surface area (Å²) in [5.74, 6) is 0.539. The Morgan fingerprint density at radius 1 is 1.30 bits per heavy atom. The van der Waals surface area contributed by atoms with Crippen LogP contribution in [-0.2, 0) is 26.0 Å². The lowest BCUT2D eigenvalue weighted by molar-refractivity contribution is -0.124. The Kier molecular flexibility index (Phi) is 4.70. The van der Waals surface area contributed by atoms with E-state index in [4.69, 9.17) is 4.74 Å². The largest absolute Gasteiger partial charge is 0.378 e. The number of carbonyl (C=O) groups excluding carboxylic acids is 1. The van der Waals surface area contributed by atoms with E-state index in [-0.39, 0.29) is 16.8 Å². The third-order valence-electron chi connectivity index (χ3n) is 4.75. The van der Waals surface area contributed by atoms with E-state index < -0.39 is 10.0 Å². The Morgan fingerprint density at radius 2 is 2.04 bits per heavy atom. The van der Waals surface area contributed by atoms with Gasteiger partial charge in [0.25, 0.3) is 0 Å². The maximum Gasteiger partial charge on any atom is 0.240 e. The summed E-state index contributed by atoms with van der Waals surface area (Å²) in [6, 6.07) is 6.89. The molecule has 3 atom stereocenters. The fourth-order valence-corrected chi connectivity index (χ4v) is 3.98. The molecule has 0 unspecified atom stereocenters. The van der Waals surface area contributed by atoms with Gasteiger partial charge in [-0.2, -0.15) is 0 Å². The van der Waals surface area contributed by atoms with Crippen molar-refractivity contribution in [3.63, 3.8) is 0 Å². The highest BCUT2D eigenvalue weighted by Crippen LogP contribution is 2.38. The number of rotatable bonds is 6. The smallest absolute Gasteiger partial charge is 0.240 e. The van der Waals surface area contributed by atoms with E-state index >= 15 is 0 Å². The normalized spacial score (nSPS) is 26.4. The maximum atomic E-state index is 12.0. The molecule has 6 nitrogen and oxygen atoms in total. The average molecular weight is 338 g/mol. The number of hydrogen-bond donors (Lipinski definition) is 2. The van der Waals surface area contributed by atoms with Crippen molar-refractivity contribution in [2.45, 2.75) is 42.7 Å². The highest BCUT2D eigenvalue weighted by Gasteiger charge is 2.45. The second-order valence-corrected chi connectivity index (χ2v) is 8.01. The van der Waals surface area contributed by atoms with Gasteiger partial charge in [0.2, 0.25) is 15.9 Å². The highest BCUT2D eigenvalue weighted by molar-refractivity contribution is 7.89. The van der Waals surface area contributed by atoms with Crippen LogP contribution in [-0.4, -0.2) is 40.1 Å². The molecule has 126 valence electrons. The van der Waals surface area contributed by atoms with Crippen LogP contribution in [0.15, 0.2) is 29.2 Å². The van der Waals surface area contributed by atoms with E-state index in [1.54, 1.807) is 24.3 Å². The Bertz CT molecular complexity index is 672. The molecule has 2 N–H and O–H groups in total. The van der Waals surface area contributed by atoms with E-state index in [0.29, 0.717) is 24.9 Å². The molecule has 0 bridgehead atoms. The number of benzene rings is 1. The number of aryl methyl sites for hydroxylation is 1. The SMILES string of the molecule is CNS(=O)(=O)c1ccc(CCC(=O)N[C@H]2C[C@@H]3OCC[C@H]23)cc1. The number of hydrogen-bond acceptors (Lipinski definition) is 4. The van der Waals surface area contributed by atoms with Crippen molar-refractivity contribution in [3.05, 3.63) is 29.8 Å². The zero-order chi connectivity index (χ0) is 16.4. The second-order valence-electron chi connectivity index (χ2n) is 6.12. The van der Waals surface area contributed by atoms with Crippen molar-refractivity contribution in [3.8, 4) is 0 Å². The molecule has 0 spiro atoms. The Labute approximate surface area is 136 Å². The molecular weight excluding hydrogens is 316 g/mol. The van der Waals surface area contributed by atoms with Crippen LogP contribution in [0.1, 0.15) is 24.8 Å². The van der Waals surface area contributed by atoms with Gasteiger partial charge >= 0.3 is 0 Å². The zero-order valence-corrected chi connectivity index (χ0v) is 13.9. The van der Waals surface area contributed by atoms with Crippen LogP contribution < -0.4 is 10.0 Å². The molecule has 1 saturated carbocycles. The fraction of sp³-hybridized carbons (Fsp3) is 0.562. The summed E-state index contributed by atoms with van der Waals surface area (Å²) in [6.07, 6.45) is 3.32. The lowest BCUT2D eigenvalue weighted by atomic mass is 9.76. The molecule has 1 aliphatic heterocycles. The summed E-state index contributed by atoms with van der Waals surface area (Å²) in [4.78, 5) is 12.3. The molecule has 1 amide bonds. The van der Waals surface area contributed by atoms with Gasteiger partial charge in [-0.1, -0.05) is 12.1 Å². The molecule has 3 rings (SSSR count). The van der Waals surface area contributed by atoms with Crippen molar-refractivity contribution in [1.29, 1.82) is 0 Å². The summed E-state index contributed by atoms with van der Waals surface area (Å²) in [5, 5.41) is 3.08. The van der Waals surface area contributed by atoms with Crippen LogP contribution in [0.4, 0.5) is 0 Å². The van der Waals surface area contributed by atoms with Crippen molar-refractivity contribution in [1.82, 2.24) is 10.0 Å². The van der Waals surface area contributed by atoms with E-state index in [2.05, 4.69) is 10.0 Å². The van der Waals surface area contributed by atoms with E-state index in [1.165, 1.54) is 7.05 Å². The van der Waals surface area contributed by atoms with Crippen LogP contribution in [0.5, 0.6) is 0 Å². The molecule has 7 heteroatoms. The molecule has 1 saturated heterocycles. The molecular formula is C16H22N2O4S. The van der Waals surface area contributed by atoms with E-state index in [1.807, 2.05) is 0 Å². The van der Waals surface area contributed by atoms with Gasteiger partial charge in [-0.05, 0) is 44.0 Å². The van der Waals surface area contributed by atoms with Crippen LogP contribution in [0.3, 0.4) is 0 Å². The van der Waals surface area contributed by atoms with Crippen molar-refractivity contribution >= 4 is 15.9 Å². The molecule has 0 radical (unpaired) electrons. The van der Waals surface area contributed by atoms with Gasteiger partial charge in [-0.3, -0.25) is 4.79 Å². The second kappa shape index (κ2) is 6.59. The van der Waals surface area contributed by atoms with Crippen LogP contribution in [0, 0.1) is 5.92 Å². The standard InChI is InChI=1S/C16H22N2O4S/c1-17-23(20,21)12-5-2-11(3-6-12)4-7-16(19)18-14-10-15-13(14)8-9-22-15/h2-3,5-6,13-15,17H,4,7-10H2,1H3,(H,18,19)/t13-,14+,15+/m1/s1. The number of amides is 1. The van der Waals surface area contributed by atoms with E-state index in [9.17, 15) is 13.2 Å². The maximum absolute atomic E-state index is 12.0. The van der Waals surface area contributed by atoms with E-state index in [0.717, 1.165) is 25.0 Å². The molecule has 1 aromatic rings. The third kappa shape index (κ3) is 3.57. The first-order valence-electron chi connectivity index (χ1n) is 7.93. The minimum Gasteiger partial charge on any atom is -0.378 e. The van der Waals surface area contributed by atoms with Crippen molar-refractivity contribution in [2.24, 2.45) is 5.92 Å². The Balaban J connectivity index is 1.47. The summed E-state index contributed by atoms with van der Waals surface area (Å²) in [7, 11) is -2.02. The minimum atomic E-state index is -3.41. The molecule has 2 aliphatic rings. The summed E-state index contributed by atoms with van der Waals surface area (Å²) < 4.78 is 31.1. The fourth-order valence-electron chi connectivity index (χ4n) is 3.25. The van der Waals surface area contributed by atoms with Crippen LogP contribution >= 0.6 is 0 Å². The van der Waals surface area contributed by atoms with Gasteiger partial charge in [0.1, 0.15) is 0 Å². The summed E-state index contributed by atoms with van der Waals surface area (Å²) in [5.41, 5.74) is 0.950. The number of carbonyl (C=O) groups is 1. The monoisotopic (exact) mass is 338 g/mol. The first-order valence-corrected chi connectivity index (χ1v) is 9.41. The highest BCUT2D eigenvalue weighted by atomic mass is 32.2. The molecule has 0 aromatic heterocycles. The van der Waals surface area contributed by atoms with Crippen LogP contribution in [0.25, 0.3) is 0 Å². The number of ether oxygens (including phenoxy) is 1. The van der Waals surface area contributed by atoms with Gasteiger partial charge in [0, 0.05) is 25.0 Å². The topological polar surface area (TPSA) is 84.5 Å². The minimum absolute atomic E-state index is 0.0484. The predicted octanol–water partition coefficient (Wildman–Crippen LogP) is 0.821. The molecule has 1 heterocycles. The molecule has 23 heavy (non-hydrogen) atoms. The average Bonchev–Trinajstić information content (AvgIpc) is 2.92. The van der Waals surface area contributed by atoms with Crippen LogP contribution in [0.2, 0.25) is 0 Å². The first-order chi connectivity index (χ1) is 11.0. The number of fused-ring (bicyclic) bond motifs is 1.